The first-order chi connectivity index (χ1) is 9.65. The van der Waals surface area contributed by atoms with Crippen LogP contribution in [0.2, 0.25) is 0 Å². The number of rotatable bonds is 6. The summed E-state index contributed by atoms with van der Waals surface area (Å²) >= 11 is 0. The first-order valence-corrected chi connectivity index (χ1v) is 6.46. The van der Waals surface area contributed by atoms with Gasteiger partial charge in [-0.05, 0) is 13.3 Å². The third-order valence-electron chi connectivity index (χ3n) is 3.05. The molecule has 2 aromatic rings. The molecule has 2 rings (SSSR count). The van der Waals surface area contributed by atoms with Gasteiger partial charge in [0.25, 0.3) is 5.95 Å². The van der Waals surface area contributed by atoms with Crippen LogP contribution in [-0.4, -0.2) is 42.8 Å². The van der Waals surface area contributed by atoms with Gasteiger partial charge in [0.1, 0.15) is 12.7 Å². The van der Waals surface area contributed by atoms with Gasteiger partial charge in [-0.15, -0.1) is 0 Å². The number of nitrogen functional groups attached to an aromatic ring is 1. The summed E-state index contributed by atoms with van der Waals surface area (Å²) in [5, 5.41) is 4.01. The Morgan fingerprint density at radius 3 is 2.80 bits per heavy atom. The third kappa shape index (κ3) is 2.99. The van der Waals surface area contributed by atoms with Gasteiger partial charge in [-0.3, -0.25) is 5.43 Å². The topological polar surface area (TPSA) is 111 Å². The highest BCUT2D eigenvalue weighted by Gasteiger charge is 2.15. The highest BCUT2D eigenvalue weighted by atomic mass is 15.4. The van der Waals surface area contributed by atoms with Crippen molar-refractivity contribution >= 4 is 11.9 Å². The van der Waals surface area contributed by atoms with Crippen molar-refractivity contribution < 1.29 is 0 Å². The van der Waals surface area contributed by atoms with E-state index in [1.54, 1.807) is 0 Å². The Hall–Kier alpha value is -2.29. The second kappa shape index (κ2) is 6.24. The Labute approximate surface area is 117 Å². The van der Waals surface area contributed by atoms with Crippen molar-refractivity contribution in [1.29, 1.82) is 0 Å². The first kappa shape index (κ1) is 14.1. The van der Waals surface area contributed by atoms with Crippen molar-refractivity contribution in [2.75, 3.05) is 17.4 Å². The highest BCUT2D eigenvalue weighted by molar-refractivity contribution is 5.39. The normalized spacial score (nSPS) is 12.2. The minimum Gasteiger partial charge on any atom is -0.341 e. The van der Waals surface area contributed by atoms with Crippen molar-refractivity contribution in [3.05, 3.63) is 12.7 Å². The molecule has 0 aromatic carbocycles. The molecule has 2 aromatic heterocycles. The average Bonchev–Trinajstić information content (AvgIpc) is 3.00. The van der Waals surface area contributed by atoms with E-state index in [1.807, 2.05) is 11.9 Å². The summed E-state index contributed by atoms with van der Waals surface area (Å²) in [6.45, 7) is 4.27. The average molecular weight is 277 g/mol. The molecule has 0 saturated heterocycles. The smallest absolute Gasteiger partial charge is 0.258 e. The van der Waals surface area contributed by atoms with Gasteiger partial charge in [0, 0.05) is 13.1 Å². The second-order valence-electron chi connectivity index (χ2n) is 4.49. The Morgan fingerprint density at radius 2 is 2.20 bits per heavy atom. The fraction of sp³-hybridized carbons (Fsp3) is 0.545. The van der Waals surface area contributed by atoms with E-state index in [0.29, 0.717) is 17.9 Å². The van der Waals surface area contributed by atoms with Crippen LogP contribution in [0.1, 0.15) is 26.7 Å². The Morgan fingerprint density at radius 1 is 1.40 bits per heavy atom. The molecule has 0 amide bonds. The molecule has 0 fully saturated rings. The Kier molecular flexibility index (Phi) is 4.41. The number of hydrogen-bond acceptors (Lipinski definition) is 8. The van der Waals surface area contributed by atoms with E-state index in [-0.39, 0.29) is 5.95 Å². The largest absolute Gasteiger partial charge is 0.341 e. The number of anilines is 2. The summed E-state index contributed by atoms with van der Waals surface area (Å²) in [7, 11) is 1.95. The third-order valence-corrected chi connectivity index (χ3v) is 3.05. The van der Waals surface area contributed by atoms with Gasteiger partial charge in [-0.1, -0.05) is 13.3 Å². The summed E-state index contributed by atoms with van der Waals surface area (Å²) in [6, 6.07) is 0.316. The predicted molar refractivity (Wildman–Crippen MR) is 75.3 cm³/mol. The summed E-state index contributed by atoms with van der Waals surface area (Å²) in [5.74, 6) is 6.61. The molecular formula is C11H19N9. The second-order valence-corrected chi connectivity index (χ2v) is 4.49. The highest BCUT2D eigenvalue weighted by Crippen LogP contribution is 2.15. The van der Waals surface area contributed by atoms with E-state index in [9.17, 15) is 0 Å². The summed E-state index contributed by atoms with van der Waals surface area (Å²) < 4.78 is 1.46. The van der Waals surface area contributed by atoms with Crippen LogP contribution in [-0.2, 0) is 0 Å². The van der Waals surface area contributed by atoms with E-state index in [1.165, 1.54) is 17.3 Å². The van der Waals surface area contributed by atoms with Gasteiger partial charge in [-0.2, -0.15) is 24.7 Å². The van der Waals surface area contributed by atoms with Gasteiger partial charge >= 0.3 is 0 Å². The Bertz CT molecular complexity index is 539. The van der Waals surface area contributed by atoms with Crippen molar-refractivity contribution in [3.63, 3.8) is 0 Å². The zero-order chi connectivity index (χ0) is 14.5. The number of nitrogens with two attached hydrogens (primary N) is 1. The maximum atomic E-state index is 5.41. The minimum absolute atomic E-state index is 0.288. The molecule has 0 bridgehead atoms. The SMILES string of the molecule is CCCC(C)N(C)c1nc(NN)nc(-n2cncn2)n1. The van der Waals surface area contributed by atoms with E-state index < -0.39 is 0 Å². The lowest BCUT2D eigenvalue weighted by molar-refractivity contribution is 0.602. The fourth-order valence-corrected chi connectivity index (χ4v) is 1.80. The lowest BCUT2D eigenvalue weighted by Gasteiger charge is -2.24. The van der Waals surface area contributed by atoms with Gasteiger partial charge in [-0.25, -0.2) is 10.8 Å². The minimum atomic E-state index is 0.288. The van der Waals surface area contributed by atoms with Crippen LogP contribution in [0.5, 0.6) is 0 Å². The van der Waals surface area contributed by atoms with Crippen LogP contribution in [0.25, 0.3) is 5.95 Å². The van der Waals surface area contributed by atoms with Crippen LogP contribution in [0, 0.1) is 0 Å². The zero-order valence-electron chi connectivity index (χ0n) is 11.9. The molecule has 0 aliphatic heterocycles. The standard InChI is InChI=1S/C11H19N9/c1-4-5-8(2)19(3)10-15-9(18-12)16-11(17-10)20-7-13-6-14-20/h6-8H,4-5,12H2,1-3H3,(H,15,16,17,18). The van der Waals surface area contributed by atoms with Crippen LogP contribution < -0.4 is 16.2 Å². The number of nitrogens with zero attached hydrogens (tertiary/aromatic N) is 7. The first-order valence-electron chi connectivity index (χ1n) is 6.46. The summed E-state index contributed by atoms with van der Waals surface area (Å²) in [4.78, 5) is 18.7. The van der Waals surface area contributed by atoms with Crippen molar-refractivity contribution in [3.8, 4) is 5.95 Å². The number of hydrazine groups is 1. The molecule has 9 heteroatoms. The molecule has 1 atom stereocenters. The van der Waals surface area contributed by atoms with Gasteiger partial charge in [0.2, 0.25) is 11.9 Å². The summed E-state index contributed by atoms with van der Waals surface area (Å²) in [6.07, 6.45) is 5.08. The Balaban J connectivity index is 2.35. The van der Waals surface area contributed by atoms with Crippen molar-refractivity contribution in [2.24, 2.45) is 5.84 Å². The molecule has 1 unspecified atom stereocenters. The molecule has 0 saturated carbocycles. The lowest BCUT2D eigenvalue weighted by atomic mass is 10.2. The van der Waals surface area contributed by atoms with Gasteiger partial charge in [0.15, 0.2) is 0 Å². The maximum absolute atomic E-state index is 5.41. The number of nitrogens with one attached hydrogen (secondary N) is 1. The molecule has 2 heterocycles. The molecule has 0 spiro atoms. The summed E-state index contributed by atoms with van der Waals surface area (Å²) in [5.41, 5.74) is 2.45. The van der Waals surface area contributed by atoms with Crippen molar-refractivity contribution in [2.45, 2.75) is 32.7 Å². The van der Waals surface area contributed by atoms with Gasteiger partial charge in [0.05, 0.1) is 0 Å². The van der Waals surface area contributed by atoms with E-state index >= 15 is 0 Å². The molecule has 108 valence electrons. The van der Waals surface area contributed by atoms with E-state index in [4.69, 9.17) is 5.84 Å². The number of aromatic nitrogens is 6. The lowest BCUT2D eigenvalue weighted by Crippen LogP contribution is -2.31. The van der Waals surface area contributed by atoms with Crippen LogP contribution in [0.4, 0.5) is 11.9 Å². The molecule has 9 nitrogen and oxygen atoms in total. The molecule has 0 radical (unpaired) electrons. The van der Waals surface area contributed by atoms with Gasteiger partial charge < -0.3 is 4.90 Å². The van der Waals surface area contributed by atoms with E-state index in [0.717, 1.165) is 12.8 Å². The molecule has 0 aliphatic carbocycles. The van der Waals surface area contributed by atoms with Crippen molar-refractivity contribution in [1.82, 2.24) is 29.7 Å². The van der Waals surface area contributed by atoms with Crippen LogP contribution in [0.3, 0.4) is 0 Å². The van der Waals surface area contributed by atoms with Crippen LogP contribution in [0.15, 0.2) is 12.7 Å². The maximum Gasteiger partial charge on any atom is 0.258 e. The number of hydrogen-bond donors (Lipinski definition) is 2. The molecular weight excluding hydrogens is 258 g/mol. The molecule has 3 N–H and O–H groups in total. The molecule has 20 heavy (non-hydrogen) atoms. The van der Waals surface area contributed by atoms with Crippen LogP contribution >= 0.6 is 0 Å². The van der Waals surface area contributed by atoms with E-state index in [2.05, 4.69) is 44.3 Å². The zero-order valence-corrected chi connectivity index (χ0v) is 11.9. The molecule has 0 aliphatic rings. The fourth-order valence-electron chi connectivity index (χ4n) is 1.80. The predicted octanol–water partition coefficient (Wildman–Crippen LogP) is 0.363. The monoisotopic (exact) mass is 277 g/mol. The quantitative estimate of drug-likeness (QED) is 0.575.